The molecule has 0 aliphatic heterocycles. The molecule has 1 N–H and O–H groups in total. The molecule has 2 aromatic rings. The van der Waals surface area contributed by atoms with Gasteiger partial charge in [0.25, 0.3) is 0 Å². The van der Waals surface area contributed by atoms with Crippen LogP contribution in [0.25, 0.3) is 0 Å². The van der Waals surface area contributed by atoms with Gasteiger partial charge in [0.2, 0.25) is 5.95 Å². The van der Waals surface area contributed by atoms with Crippen molar-refractivity contribution in [3.8, 4) is 0 Å². The highest BCUT2D eigenvalue weighted by Gasteiger charge is 2.15. The molecule has 0 saturated heterocycles. The monoisotopic (exact) mass is 264 g/mol. The van der Waals surface area contributed by atoms with Crippen molar-refractivity contribution >= 4 is 11.6 Å². The van der Waals surface area contributed by atoms with Gasteiger partial charge < -0.3 is 4.90 Å². The number of nitrogens with zero attached hydrogens (tertiary/aromatic N) is 7. The van der Waals surface area contributed by atoms with Crippen molar-refractivity contribution in [2.24, 2.45) is 0 Å². The summed E-state index contributed by atoms with van der Waals surface area (Å²) in [7, 11) is 1.79. The van der Waals surface area contributed by atoms with Gasteiger partial charge in [-0.25, -0.2) is 9.97 Å². The Morgan fingerprint density at radius 1 is 1.47 bits per heavy atom. The number of anilines is 1. The van der Waals surface area contributed by atoms with Gasteiger partial charge >= 0.3 is 5.69 Å². The smallest absolute Gasteiger partial charge is 0.305 e. The maximum absolute atomic E-state index is 10.5. The van der Waals surface area contributed by atoms with E-state index in [4.69, 9.17) is 0 Å². The van der Waals surface area contributed by atoms with Gasteiger partial charge in [0.1, 0.15) is 12.4 Å². The molecule has 0 aliphatic rings. The molecule has 0 aromatic carbocycles. The topological polar surface area (TPSA) is 127 Å². The minimum atomic E-state index is -0.536. The fourth-order valence-corrected chi connectivity index (χ4v) is 1.56. The Hall–Kier alpha value is -2.65. The molecule has 0 bridgehead atoms. The lowest BCUT2D eigenvalue weighted by Crippen LogP contribution is -2.25. The summed E-state index contributed by atoms with van der Waals surface area (Å²) >= 11 is 0. The normalized spacial score (nSPS) is 12.1. The van der Waals surface area contributed by atoms with Crippen LogP contribution in [0, 0.1) is 10.1 Å². The lowest BCUT2D eigenvalue weighted by molar-refractivity contribution is -0.385. The lowest BCUT2D eigenvalue weighted by atomic mass is 10.1. The molecule has 100 valence electrons. The summed E-state index contributed by atoms with van der Waals surface area (Å²) in [5.41, 5.74) is -0.136. The number of likely N-dealkylation sites (N-methyl/N-ethyl adjacent to an activating group) is 1. The highest BCUT2D eigenvalue weighted by Crippen LogP contribution is 2.15. The largest absolute Gasteiger partial charge is 0.343 e. The summed E-state index contributed by atoms with van der Waals surface area (Å²) in [6, 6.07) is 0. The molecule has 0 spiro atoms. The molecule has 0 saturated carbocycles. The zero-order valence-corrected chi connectivity index (χ0v) is 10.4. The molecule has 0 amide bonds. The Balaban J connectivity index is 2.03. The van der Waals surface area contributed by atoms with Crippen LogP contribution in [0.2, 0.25) is 0 Å². The van der Waals surface area contributed by atoms with Crippen molar-refractivity contribution in [1.29, 1.82) is 0 Å². The summed E-state index contributed by atoms with van der Waals surface area (Å²) in [5.74, 6) is 1.03. The van der Waals surface area contributed by atoms with Crippen molar-refractivity contribution < 1.29 is 4.92 Å². The minimum Gasteiger partial charge on any atom is -0.343 e. The summed E-state index contributed by atoms with van der Waals surface area (Å²) in [5, 5.41) is 24.2. The SMILES string of the molecule is C[C@H](CN(C)c1ncc([N+](=O)[O-])cn1)c1nn[nH]n1. The van der Waals surface area contributed by atoms with Crippen molar-refractivity contribution in [2.75, 3.05) is 18.5 Å². The fourth-order valence-electron chi connectivity index (χ4n) is 1.56. The average molecular weight is 264 g/mol. The van der Waals surface area contributed by atoms with E-state index < -0.39 is 4.92 Å². The maximum atomic E-state index is 10.5. The van der Waals surface area contributed by atoms with E-state index in [0.29, 0.717) is 18.3 Å². The Labute approximate surface area is 108 Å². The number of nitrogens with one attached hydrogen (secondary N) is 1. The zero-order chi connectivity index (χ0) is 13.8. The standard InChI is InChI=1S/C9H12N8O2/c1-6(8-12-14-15-13-8)5-16(2)9-10-3-7(4-11-9)17(18)19/h3-4,6H,5H2,1-2H3,(H,12,13,14,15)/t6-/m1/s1. The van der Waals surface area contributed by atoms with E-state index in [9.17, 15) is 10.1 Å². The number of H-pyrrole nitrogens is 1. The van der Waals surface area contributed by atoms with E-state index in [1.54, 1.807) is 11.9 Å². The molecule has 0 radical (unpaired) electrons. The average Bonchev–Trinajstić information content (AvgIpc) is 2.92. The first-order chi connectivity index (χ1) is 9.08. The molecule has 0 aliphatic carbocycles. The van der Waals surface area contributed by atoms with Crippen molar-refractivity contribution in [1.82, 2.24) is 30.6 Å². The molecule has 19 heavy (non-hydrogen) atoms. The van der Waals surface area contributed by atoms with E-state index in [1.807, 2.05) is 6.92 Å². The second-order valence-electron chi connectivity index (χ2n) is 4.05. The van der Waals surface area contributed by atoms with Crippen LogP contribution in [0.3, 0.4) is 0 Å². The third-order valence-electron chi connectivity index (χ3n) is 2.53. The van der Waals surface area contributed by atoms with Crippen LogP contribution in [0.4, 0.5) is 11.6 Å². The Bertz CT molecular complexity index is 540. The molecule has 2 rings (SSSR count). The number of hydrogen-bond donors (Lipinski definition) is 1. The van der Waals surface area contributed by atoms with Crippen LogP contribution in [0.1, 0.15) is 18.7 Å². The number of nitro groups is 1. The lowest BCUT2D eigenvalue weighted by Gasteiger charge is -2.19. The van der Waals surface area contributed by atoms with E-state index in [2.05, 4.69) is 30.6 Å². The molecule has 10 nitrogen and oxygen atoms in total. The highest BCUT2D eigenvalue weighted by molar-refractivity contribution is 5.33. The van der Waals surface area contributed by atoms with E-state index in [1.165, 1.54) is 12.4 Å². The minimum absolute atomic E-state index is 0.0301. The van der Waals surface area contributed by atoms with Crippen LogP contribution >= 0.6 is 0 Å². The van der Waals surface area contributed by atoms with Gasteiger partial charge in [-0.1, -0.05) is 12.1 Å². The number of rotatable bonds is 5. The summed E-state index contributed by atoms with van der Waals surface area (Å²) in [6.07, 6.45) is 2.36. The van der Waals surface area contributed by atoms with Crippen LogP contribution in [-0.4, -0.2) is 49.1 Å². The van der Waals surface area contributed by atoms with E-state index in [-0.39, 0.29) is 11.6 Å². The van der Waals surface area contributed by atoms with Gasteiger partial charge in [-0.2, -0.15) is 5.21 Å². The van der Waals surface area contributed by atoms with Crippen molar-refractivity contribution in [3.05, 3.63) is 28.3 Å². The molecule has 1 atom stereocenters. The maximum Gasteiger partial charge on any atom is 0.305 e. The van der Waals surface area contributed by atoms with E-state index in [0.717, 1.165) is 0 Å². The Kier molecular flexibility index (Phi) is 3.59. The first-order valence-electron chi connectivity index (χ1n) is 5.49. The molecule has 2 heterocycles. The number of aromatic nitrogens is 6. The Morgan fingerprint density at radius 2 is 2.16 bits per heavy atom. The first-order valence-corrected chi connectivity index (χ1v) is 5.49. The molecule has 0 fully saturated rings. The van der Waals surface area contributed by atoms with Crippen molar-refractivity contribution in [3.63, 3.8) is 0 Å². The predicted octanol–water partition coefficient (Wildman–Crippen LogP) is 0.138. The highest BCUT2D eigenvalue weighted by atomic mass is 16.6. The molecule has 10 heteroatoms. The Morgan fingerprint density at radius 3 is 2.68 bits per heavy atom. The summed E-state index contributed by atoms with van der Waals surface area (Å²) in [6.45, 7) is 2.50. The molecular weight excluding hydrogens is 252 g/mol. The van der Waals surface area contributed by atoms with Gasteiger partial charge in [0.05, 0.1) is 4.92 Å². The number of hydrogen-bond acceptors (Lipinski definition) is 8. The van der Waals surface area contributed by atoms with Crippen LogP contribution in [0.5, 0.6) is 0 Å². The van der Waals surface area contributed by atoms with Gasteiger partial charge in [-0.05, 0) is 0 Å². The summed E-state index contributed by atoms with van der Waals surface area (Å²) in [4.78, 5) is 19.6. The predicted molar refractivity (Wildman–Crippen MR) is 64.5 cm³/mol. The molecule has 2 aromatic heterocycles. The third-order valence-corrected chi connectivity index (χ3v) is 2.53. The van der Waals surface area contributed by atoms with E-state index >= 15 is 0 Å². The number of aromatic amines is 1. The quantitative estimate of drug-likeness (QED) is 0.596. The number of tetrazole rings is 1. The second kappa shape index (κ2) is 5.33. The van der Waals surface area contributed by atoms with Crippen LogP contribution in [-0.2, 0) is 0 Å². The van der Waals surface area contributed by atoms with Crippen LogP contribution in [0.15, 0.2) is 12.4 Å². The van der Waals surface area contributed by atoms with Gasteiger partial charge in [-0.3, -0.25) is 10.1 Å². The second-order valence-corrected chi connectivity index (χ2v) is 4.05. The van der Waals surface area contributed by atoms with Gasteiger partial charge in [0.15, 0.2) is 5.82 Å². The van der Waals surface area contributed by atoms with Crippen LogP contribution < -0.4 is 4.90 Å². The first kappa shape index (κ1) is 12.8. The van der Waals surface area contributed by atoms with Gasteiger partial charge in [-0.15, -0.1) is 10.2 Å². The zero-order valence-electron chi connectivity index (χ0n) is 10.4. The van der Waals surface area contributed by atoms with Gasteiger partial charge in [0, 0.05) is 19.5 Å². The summed E-state index contributed by atoms with van der Waals surface area (Å²) < 4.78 is 0. The molecular formula is C9H12N8O2. The third kappa shape index (κ3) is 2.97. The van der Waals surface area contributed by atoms with Crippen molar-refractivity contribution in [2.45, 2.75) is 12.8 Å². The molecule has 0 unspecified atom stereocenters. The fraction of sp³-hybridized carbons (Fsp3) is 0.444.